The molecule has 6 rings (SSSR count). The largest absolute Gasteiger partial charge is 0.477 e. The standard InChI is InChI=1S/C16H16N2O3.C9H8N2O2.C7H10O2.CH4/c1-9-12(3-2-4-15(9)19)17-11-5-6-13-10(7-11)8-14(18-13)16(20)21;10-6-1-2-7-5(3-6)4-8(11-7)9(12)13;1-5-6(8)3-2-4-7(5)9;/h5-8,17-18H,2-4H2,1H3,(H,20,21);1-4,11H,10H2,(H,12,13);5H,2-4H2,1H3;1H4. The van der Waals surface area contributed by atoms with Crippen LogP contribution in [0.15, 0.2) is 59.8 Å². The minimum atomic E-state index is -0.975. The number of allylic oxidation sites excluding steroid dienone is 2. The number of carboxylic acid groups (broad SMARTS) is 2. The Balaban J connectivity index is 0.000000197. The van der Waals surface area contributed by atoms with Crippen LogP contribution in [0.3, 0.4) is 0 Å². The molecule has 0 radical (unpaired) electrons. The van der Waals surface area contributed by atoms with Crippen molar-refractivity contribution in [3.05, 3.63) is 71.2 Å². The van der Waals surface area contributed by atoms with Gasteiger partial charge in [0, 0.05) is 63.7 Å². The molecule has 1 fully saturated rings. The van der Waals surface area contributed by atoms with Gasteiger partial charge in [0.25, 0.3) is 0 Å². The Labute approximate surface area is 254 Å². The zero-order chi connectivity index (χ0) is 31.3. The first-order chi connectivity index (χ1) is 20.4. The summed E-state index contributed by atoms with van der Waals surface area (Å²) in [5.41, 5.74) is 10.7. The Bertz CT molecular complexity index is 1750. The van der Waals surface area contributed by atoms with Gasteiger partial charge in [-0.2, -0.15) is 0 Å². The highest BCUT2D eigenvalue weighted by atomic mass is 16.4. The van der Waals surface area contributed by atoms with E-state index >= 15 is 0 Å². The zero-order valence-electron chi connectivity index (χ0n) is 24.0. The van der Waals surface area contributed by atoms with Gasteiger partial charge in [0.15, 0.2) is 5.78 Å². The van der Waals surface area contributed by atoms with E-state index in [0.29, 0.717) is 24.9 Å². The maximum Gasteiger partial charge on any atom is 0.352 e. The third-order valence-corrected chi connectivity index (χ3v) is 7.54. The fraction of sp³-hybridized carbons (Fsp3) is 0.303. The highest BCUT2D eigenvalue weighted by molar-refractivity contribution is 6.04. The van der Waals surface area contributed by atoms with Crippen LogP contribution in [0.4, 0.5) is 11.4 Å². The fourth-order valence-corrected chi connectivity index (χ4v) is 4.94. The zero-order valence-corrected chi connectivity index (χ0v) is 24.0. The maximum atomic E-state index is 11.7. The summed E-state index contributed by atoms with van der Waals surface area (Å²) in [5.74, 6) is -1.82. The van der Waals surface area contributed by atoms with E-state index in [0.717, 1.165) is 58.0 Å². The molecule has 2 aromatic carbocycles. The van der Waals surface area contributed by atoms with Crippen molar-refractivity contribution in [2.24, 2.45) is 5.92 Å². The number of nitrogens with one attached hydrogen (secondary N) is 3. The number of ketones is 3. The van der Waals surface area contributed by atoms with E-state index in [1.165, 1.54) is 0 Å². The van der Waals surface area contributed by atoms with Gasteiger partial charge in [-0.15, -0.1) is 0 Å². The number of hydrogen-bond acceptors (Lipinski definition) is 7. The highest BCUT2D eigenvalue weighted by Crippen LogP contribution is 2.26. The molecule has 0 aliphatic heterocycles. The second-order valence-electron chi connectivity index (χ2n) is 10.6. The summed E-state index contributed by atoms with van der Waals surface area (Å²) in [5, 5.41) is 22.6. The van der Waals surface area contributed by atoms with Gasteiger partial charge < -0.3 is 31.2 Å². The molecule has 2 aromatic heterocycles. The van der Waals surface area contributed by atoms with Crippen molar-refractivity contribution >= 4 is 62.5 Å². The van der Waals surface area contributed by atoms with Crippen molar-refractivity contribution in [2.75, 3.05) is 11.1 Å². The summed E-state index contributed by atoms with van der Waals surface area (Å²) < 4.78 is 0. The van der Waals surface area contributed by atoms with Gasteiger partial charge in [0.1, 0.15) is 23.0 Å². The molecular formula is C33H38N4O7. The molecule has 0 bridgehead atoms. The van der Waals surface area contributed by atoms with Gasteiger partial charge >= 0.3 is 11.9 Å². The predicted octanol–water partition coefficient (Wildman–Crippen LogP) is 6.33. The number of nitrogen functional groups attached to an aromatic ring is 1. The lowest BCUT2D eigenvalue weighted by atomic mass is 9.88. The van der Waals surface area contributed by atoms with Crippen LogP contribution in [-0.4, -0.2) is 49.5 Å². The second kappa shape index (κ2) is 14.3. The van der Waals surface area contributed by atoms with E-state index in [1.54, 1.807) is 37.3 Å². The minimum Gasteiger partial charge on any atom is -0.477 e. The lowest BCUT2D eigenvalue weighted by molar-refractivity contribution is -0.134. The van der Waals surface area contributed by atoms with Crippen LogP contribution in [0.25, 0.3) is 21.8 Å². The Morgan fingerprint density at radius 2 is 1.32 bits per heavy atom. The molecule has 1 saturated carbocycles. The van der Waals surface area contributed by atoms with Gasteiger partial charge in [-0.1, -0.05) is 7.43 Å². The molecule has 11 nitrogen and oxygen atoms in total. The van der Waals surface area contributed by atoms with Crippen LogP contribution in [-0.2, 0) is 14.4 Å². The first-order valence-corrected chi connectivity index (χ1v) is 14.0. The lowest BCUT2D eigenvalue weighted by Crippen LogP contribution is -2.25. The lowest BCUT2D eigenvalue weighted by Gasteiger charge is -2.18. The average Bonchev–Trinajstić information content (AvgIpc) is 3.59. The maximum absolute atomic E-state index is 11.7. The number of anilines is 2. The van der Waals surface area contributed by atoms with Crippen molar-refractivity contribution in [1.29, 1.82) is 0 Å². The Morgan fingerprint density at radius 1 is 0.795 bits per heavy atom. The third kappa shape index (κ3) is 8.00. The molecule has 2 aliphatic carbocycles. The molecule has 0 unspecified atom stereocenters. The van der Waals surface area contributed by atoms with E-state index < -0.39 is 11.9 Å². The number of aromatic nitrogens is 2. The predicted molar refractivity (Wildman–Crippen MR) is 170 cm³/mol. The van der Waals surface area contributed by atoms with Crippen LogP contribution < -0.4 is 11.1 Å². The number of aromatic amines is 2. The van der Waals surface area contributed by atoms with Crippen molar-refractivity contribution < 1.29 is 34.2 Å². The molecule has 4 aromatic rings. The van der Waals surface area contributed by atoms with E-state index in [2.05, 4.69) is 15.3 Å². The molecule has 44 heavy (non-hydrogen) atoms. The van der Waals surface area contributed by atoms with Crippen LogP contribution >= 0.6 is 0 Å². The van der Waals surface area contributed by atoms with E-state index in [1.807, 2.05) is 25.1 Å². The molecule has 232 valence electrons. The molecule has 0 amide bonds. The number of carboxylic acids is 2. The topological polar surface area (TPSA) is 195 Å². The second-order valence-corrected chi connectivity index (χ2v) is 10.6. The van der Waals surface area contributed by atoms with E-state index in [4.69, 9.17) is 15.9 Å². The highest BCUT2D eigenvalue weighted by Gasteiger charge is 2.24. The Kier molecular flexibility index (Phi) is 10.8. The quantitative estimate of drug-likeness (QED) is 0.114. The number of fused-ring (bicyclic) bond motifs is 2. The number of carbonyl (C=O) groups excluding carboxylic acids is 3. The number of H-pyrrole nitrogens is 2. The number of hydrogen-bond donors (Lipinski definition) is 6. The number of carbonyl (C=O) groups is 5. The summed E-state index contributed by atoms with van der Waals surface area (Å²) in [6.45, 7) is 3.55. The van der Waals surface area contributed by atoms with Crippen molar-refractivity contribution in [1.82, 2.24) is 9.97 Å². The SMILES string of the molecule is C.CC1=C(Nc2ccc3[nH]c(C(=O)O)cc3c2)CCCC1=O.CC1C(=O)CCCC1=O.Nc1ccc2[nH]c(C(=O)O)cc2c1. The normalized spacial score (nSPS) is 15.2. The van der Waals surface area contributed by atoms with Crippen molar-refractivity contribution in [3.63, 3.8) is 0 Å². The van der Waals surface area contributed by atoms with Crippen molar-refractivity contribution in [2.45, 2.75) is 59.8 Å². The van der Waals surface area contributed by atoms with Crippen LogP contribution in [0.5, 0.6) is 0 Å². The Hall–Kier alpha value is -5.19. The fourth-order valence-electron chi connectivity index (χ4n) is 4.94. The van der Waals surface area contributed by atoms with Crippen LogP contribution in [0.2, 0.25) is 0 Å². The molecule has 2 heterocycles. The molecule has 2 aliphatic rings. The average molecular weight is 603 g/mol. The number of Topliss-reactive ketones (excluding diaryl/α,β-unsaturated/α-hetero) is 3. The summed E-state index contributed by atoms with van der Waals surface area (Å²) in [7, 11) is 0. The summed E-state index contributed by atoms with van der Waals surface area (Å²) >= 11 is 0. The minimum absolute atomic E-state index is 0. The smallest absolute Gasteiger partial charge is 0.352 e. The molecule has 0 atom stereocenters. The first-order valence-electron chi connectivity index (χ1n) is 14.0. The van der Waals surface area contributed by atoms with E-state index in [-0.39, 0.29) is 42.1 Å². The molecule has 0 saturated heterocycles. The van der Waals surface area contributed by atoms with Gasteiger partial charge in [-0.05, 0) is 81.6 Å². The van der Waals surface area contributed by atoms with Gasteiger partial charge in [-0.3, -0.25) is 14.4 Å². The Morgan fingerprint density at radius 3 is 1.86 bits per heavy atom. The third-order valence-electron chi connectivity index (χ3n) is 7.54. The van der Waals surface area contributed by atoms with Crippen LogP contribution in [0.1, 0.15) is 80.8 Å². The number of nitrogens with two attached hydrogens (primary N) is 1. The van der Waals surface area contributed by atoms with Gasteiger partial charge in [0.2, 0.25) is 0 Å². The number of benzene rings is 2. The van der Waals surface area contributed by atoms with E-state index in [9.17, 15) is 24.0 Å². The van der Waals surface area contributed by atoms with Crippen LogP contribution in [0, 0.1) is 5.92 Å². The summed E-state index contributed by atoms with van der Waals surface area (Å²) in [6.07, 6.45) is 4.33. The monoisotopic (exact) mass is 602 g/mol. The van der Waals surface area contributed by atoms with Crippen molar-refractivity contribution in [3.8, 4) is 0 Å². The van der Waals surface area contributed by atoms with Gasteiger partial charge in [0.05, 0.1) is 5.92 Å². The molecular weight excluding hydrogens is 564 g/mol. The number of aromatic carboxylic acids is 2. The molecule has 7 N–H and O–H groups in total. The molecule has 0 spiro atoms. The number of rotatable bonds is 4. The molecule has 11 heteroatoms. The van der Waals surface area contributed by atoms with Gasteiger partial charge in [-0.25, -0.2) is 9.59 Å². The summed E-state index contributed by atoms with van der Waals surface area (Å²) in [4.78, 5) is 60.5. The first kappa shape index (κ1) is 33.3. The summed E-state index contributed by atoms with van der Waals surface area (Å²) in [6, 6.07) is 14.0.